The zero-order chi connectivity index (χ0) is 25.9. The molecule has 0 spiro atoms. The molecule has 8 heteroatoms. The van der Waals surface area contributed by atoms with Crippen LogP contribution in [0.1, 0.15) is 54.9 Å². The van der Waals surface area contributed by atoms with Crippen molar-refractivity contribution in [3.63, 3.8) is 0 Å². The molecule has 1 unspecified atom stereocenters. The fourth-order valence-electron chi connectivity index (χ4n) is 4.80. The van der Waals surface area contributed by atoms with E-state index in [1.54, 1.807) is 29.7 Å². The van der Waals surface area contributed by atoms with Crippen LogP contribution in [0.3, 0.4) is 0 Å². The van der Waals surface area contributed by atoms with Crippen molar-refractivity contribution in [3.8, 4) is 5.75 Å². The second kappa shape index (κ2) is 10.3. The van der Waals surface area contributed by atoms with Gasteiger partial charge in [0, 0.05) is 6.20 Å². The topological polar surface area (TPSA) is 97.3 Å². The number of likely N-dealkylation sites (tertiary alicyclic amines) is 1. The highest BCUT2D eigenvalue weighted by molar-refractivity contribution is 6.46. The quantitative estimate of drug-likeness (QED) is 0.143. The van der Waals surface area contributed by atoms with E-state index in [0.717, 1.165) is 19.3 Å². The molecule has 1 amide bonds. The number of carbonyl (C=O) groups excluding carboxylic acids is 2. The monoisotopic (exact) mass is 499 g/mol. The summed E-state index contributed by atoms with van der Waals surface area (Å²) in [6, 6.07) is 15.5. The van der Waals surface area contributed by atoms with Gasteiger partial charge in [-0.25, -0.2) is 4.98 Å². The number of hydrogen-bond donors (Lipinski definition) is 1. The van der Waals surface area contributed by atoms with Gasteiger partial charge in [0.1, 0.15) is 22.9 Å². The van der Waals surface area contributed by atoms with Crippen LogP contribution in [0.4, 0.5) is 0 Å². The molecular formula is C29H29N3O5. The fraction of sp³-hybridized carbons (Fsp3) is 0.276. The Morgan fingerprint density at radius 2 is 1.97 bits per heavy atom. The maximum Gasteiger partial charge on any atom is 0.296 e. The van der Waals surface area contributed by atoms with E-state index in [4.69, 9.17) is 9.15 Å². The van der Waals surface area contributed by atoms with Crippen LogP contribution in [0.5, 0.6) is 5.75 Å². The van der Waals surface area contributed by atoms with Crippen molar-refractivity contribution in [1.82, 2.24) is 14.3 Å². The molecule has 1 aliphatic rings. The number of aliphatic hydroxyl groups is 1. The first-order valence-corrected chi connectivity index (χ1v) is 12.5. The molecule has 1 aromatic carbocycles. The molecule has 4 aromatic rings. The number of amides is 1. The SMILES string of the molecule is CCCCCOc1cccc(C2/C(=C(\O)c3c(C)nc4ccccn34)C(=O)C(=O)N2Cc2ccco2)c1. The molecule has 1 atom stereocenters. The Balaban J connectivity index is 1.62. The molecule has 1 saturated heterocycles. The molecule has 0 aliphatic carbocycles. The van der Waals surface area contributed by atoms with Crippen LogP contribution in [0.15, 0.2) is 77.0 Å². The molecule has 0 saturated carbocycles. The molecule has 37 heavy (non-hydrogen) atoms. The van der Waals surface area contributed by atoms with Gasteiger partial charge in [0.2, 0.25) is 0 Å². The van der Waals surface area contributed by atoms with Crippen molar-refractivity contribution in [3.05, 3.63) is 95.3 Å². The third-order valence-electron chi connectivity index (χ3n) is 6.57. The third-order valence-corrected chi connectivity index (χ3v) is 6.57. The number of ether oxygens (including phenoxy) is 1. The van der Waals surface area contributed by atoms with Gasteiger partial charge < -0.3 is 19.2 Å². The highest BCUT2D eigenvalue weighted by Gasteiger charge is 2.47. The summed E-state index contributed by atoms with van der Waals surface area (Å²) in [7, 11) is 0. The van der Waals surface area contributed by atoms with Gasteiger partial charge in [0.05, 0.1) is 36.7 Å². The Hall–Kier alpha value is -4.33. The van der Waals surface area contributed by atoms with E-state index in [1.807, 2.05) is 42.5 Å². The minimum atomic E-state index is -0.835. The van der Waals surface area contributed by atoms with Gasteiger partial charge in [0.25, 0.3) is 11.7 Å². The summed E-state index contributed by atoms with van der Waals surface area (Å²) in [6.45, 7) is 4.55. The number of aliphatic hydroxyl groups excluding tert-OH is 1. The molecule has 8 nitrogen and oxygen atoms in total. The van der Waals surface area contributed by atoms with Crippen LogP contribution >= 0.6 is 0 Å². The molecule has 0 bridgehead atoms. The number of carbonyl (C=O) groups is 2. The second-order valence-corrected chi connectivity index (χ2v) is 9.11. The molecular weight excluding hydrogens is 470 g/mol. The minimum absolute atomic E-state index is 0.00782. The average molecular weight is 500 g/mol. The van der Waals surface area contributed by atoms with Crippen LogP contribution in [-0.2, 0) is 16.1 Å². The maximum absolute atomic E-state index is 13.4. The summed E-state index contributed by atoms with van der Waals surface area (Å²) in [5.41, 5.74) is 2.22. The molecule has 1 aliphatic heterocycles. The van der Waals surface area contributed by atoms with Gasteiger partial charge in [-0.15, -0.1) is 0 Å². The molecule has 190 valence electrons. The molecule has 3 aromatic heterocycles. The van der Waals surface area contributed by atoms with Crippen molar-refractivity contribution >= 4 is 23.1 Å². The zero-order valence-corrected chi connectivity index (χ0v) is 20.9. The minimum Gasteiger partial charge on any atom is -0.505 e. The van der Waals surface area contributed by atoms with Crippen LogP contribution in [0, 0.1) is 6.92 Å². The number of pyridine rings is 1. The Morgan fingerprint density at radius 1 is 1.11 bits per heavy atom. The van der Waals surface area contributed by atoms with Gasteiger partial charge in [-0.05, 0) is 55.3 Å². The van der Waals surface area contributed by atoms with Crippen LogP contribution in [-0.4, -0.2) is 37.7 Å². The first kappa shape index (κ1) is 24.4. The van der Waals surface area contributed by atoms with Crippen LogP contribution < -0.4 is 4.74 Å². The predicted molar refractivity (Wildman–Crippen MR) is 138 cm³/mol. The number of Topliss-reactive ketones (excluding diaryl/α,β-unsaturated/α-hetero) is 1. The predicted octanol–water partition coefficient (Wildman–Crippen LogP) is 5.43. The average Bonchev–Trinajstić information content (AvgIpc) is 3.60. The number of nitrogens with zero attached hydrogens (tertiary/aromatic N) is 3. The van der Waals surface area contributed by atoms with Crippen molar-refractivity contribution in [1.29, 1.82) is 0 Å². The molecule has 0 radical (unpaired) electrons. The second-order valence-electron chi connectivity index (χ2n) is 9.11. The Labute approximate surface area is 214 Å². The number of aromatic nitrogens is 2. The van der Waals surface area contributed by atoms with Crippen molar-refractivity contribution < 1.29 is 23.8 Å². The number of ketones is 1. The normalized spacial score (nSPS) is 17.1. The van der Waals surface area contributed by atoms with E-state index in [-0.39, 0.29) is 17.9 Å². The summed E-state index contributed by atoms with van der Waals surface area (Å²) in [6.07, 6.45) is 6.39. The highest BCUT2D eigenvalue weighted by Crippen LogP contribution is 2.41. The van der Waals surface area contributed by atoms with E-state index >= 15 is 0 Å². The number of rotatable bonds is 9. The first-order valence-electron chi connectivity index (χ1n) is 12.5. The van der Waals surface area contributed by atoms with Crippen molar-refractivity contribution in [2.75, 3.05) is 6.61 Å². The lowest BCUT2D eigenvalue weighted by Crippen LogP contribution is -2.29. The van der Waals surface area contributed by atoms with E-state index < -0.39 is 17.7 Å². The van der Waals surface area contributed by atoms with E-state index in [9.17, 15) is 14.7 Å². The molecule has 4 heterocycles. The Kier molecular flexibility index (Phi) is 6.81. The van der Waals surface area contributed by atoms with E-state index in [0.29, 0.717) is 40.7 Å². The van der Waals surface area contributed by atoms with Crippen LogP contribution in [0.2, 0.25) is 0 Å². The van der Waals surface area contributed by atoms with Gasteiger partial charge in [-0.2, -0.15) is 0 Å². The number of imidazole rings is 1. The number of aryl methyl sites for hydroxylation is 1. The van der Waals surface area contributed by atoms with Gasteiger partial charge in [0.15, 0.2) is 5.76 Å². The van der Waals surface area contributed by atoms with E-state index in [2.05, 4.69) is 11.9 Å². The number of fused-ring (bicyclic) bond motifs is 1. The molecule has 5 rings (SSSR count). The Bertz CT molecular complexity index is 1470. The summed E-state index contributed by atoms with van der Waals surface area (Å²) < 4.78 is 13.2. The fourth-order valence-corrected chi connectivity index (χ4v) is 4.80. The van der Waals surface area contributed by atoms with Gasteiger partial charge >= 0.3 is 0 Å². The summed E-state index contributed by atoms with van der Waals surface area (Å²) in [4.78, 5) is 32.7. The standard InChI is InChI=1S/C29H29N3O5/c1-3-4-7-15-36-21-11-8-10-20(17-21)26-24(28(34)29(35)32(26)18-22-12-9-16-37-22)27(33)25-19(2)30-23-13-5-6-14-31(23)25/h5-6,8-14,16-17,26,33H,3-4,7,15,18H2,1-2H3/b27-24+. The third kappa shape index (κ3) is 4.62. The van der Waals surface area contributed by atoms with Gasteiger partial charge in [-0.3, -0.25) is 14.0 Å². The summed E-state index contributed by atoms with van der Waals surface area (Å²) >= 11 is 0. The Morgan fingerprint density at radius 3 is 2.76 bits per heavy atom. The molecule has 1 N–H and O–H groups in total. The largest absolute Gasteiger partial charge is 0.505 e. The summed E-state index contributed by atoms with van der Waals surface area (Å²) in [5.74, 6) is -0.555. The van der Waals surface area contributed by atoms with Crippen molar-refractivity contribution in [2.45, 2.75) is 45.7 Å². The number of unbranched alkanes of at least 4 members (excludes halogenated alkanes) is 2. The number of benzene rings is 1. The van der Waals surface area contributed by atoms with E-state index in [1.165, 1.54) is 11.2 Å². The molecule has 1 fully saturated rings. The highest BCUT2D eigenvalue weighted by atomic mass is 16.5. The number of hydrogen-bond acceptors (Lipinski definition) is 6. The lowest BCUT2D eigenvalue weighted by molar-refractivity contribution is -0.140. The lowest BCUT2D eigenvalue weighted by atomic mass is 9.96. The number of furan rings is 1. The smallest absolute Gasteiger partial charge is 0.296 e. The maximum atomic E-state index is 13.4. The van der Waals surface area contributed by atoms with Gasteiger partial charge in [-0.1, -0.05) is 38.0 Å². The van der Waals surface area contributed by atoms with Crippen LogP contribution in [0.25, 0.3) is 11.4 Å². The lowest BCUT2D eigenvalue weighted by Gasteiger charge is -2.25. The summed E-state index contributed by atoms with van der Waals surface area (Å²) in [5, 5.41) is 11.6. The first-order chi connectivity index (χ1) is 18.0. The van der Waals surface area contributed by atoms with Crippen molar-refractivity contribution in [2.24, 2.45) is 0 Å². The zero-order valence-electron chi connectivity index (χ0n) is 20.9.